The van der Waals surface area contributed by atoms with Crippen LogP contribution in [0, 0.1) is 0 Å². The van der Waals surface area contributed by atoms with E-state index in [1.54, 1.807) is 0 Å². The van der Waals surface area contributed by atoms with Crippen molar-refractivity contribution in [1.82, 2.24) is 9.88 Å². The Balaban J connectivity index is 1.59. The minimum Gasteiger partial charge on any atom is -0.488 e. The van der Waals surface area contributed by atoms with Gasteiger partial charge in [-0.2, -0.15) is 0 Å². The molecule has 0 bridgehead atoms. The molecule has 1 aromatic heterocycles. The third kappa shape index (κ3) is 3.04. The average molecular weight is 320 g/mol. The molecule has 0 aliphatic carbocycles. The zero-order chi connectivity index (χ0) is 16.4. The lowest BCUT2D eigenvalue weighted by Gasteiger charge is -2.19. The zero-order valence-corrected chi connectivity index (χ0v) is 14.2. The number of aromatic amines is 1. The second kappa shape index (κ2) is 6.70. The van der Waals surface area contributed by atoms with Gasteiger partial charge < -0.3 is 14.6 Å². The molecule has 3 heteroatoms. The second-order valence-electron chi connectivity index (χ2n) is 6.75. The maximum Gasteiger partial charge on any atom is 0.129 e. The summed E-state index contributed by atoms with van der Waals surface area (Å²) < 4.78 is 6.16. The largest absolute Gasteiger partial charge is 0.488 e. The summed E-state index contributed by atoms with van der Waals surface area (Å²) >= 11 is 0. The molecule has 3 aromatic rings. The predicted octanol–water partition coefficient (Wildman–Crippen LogP) is 4.38. The molecule has 1 unspecified atom stereocenters. The van der Waals surface area contributed by atoms with Crippen LogP contribution < -0.4 is 4.74 Å². The standard InChI is InChI=1S/C21H24N2O/c1-23-12-6-9-18(23)13-17-14-22-19-10-5-11-20(21(17)19)24-15-16-7-3-2-4-8-16/h2-5,7-8,10-11,14,18,22H,6,9,12-13,15H2,1H3. The molecule has 2 aromatic carbocycles. The van der Waals surface area contributed by atoms with E-state index in [2.05, 4.69) is 65.6 Å². The van der Waals surface area contributed by atoms with Crippen LogP contribution in [0.2, 0.25) is 0 Å². The number of likely N-dealkylation sites (tertiary alicyclic amines) is 1. The molecule has 3 nitrogen and oxygen atoms in total. The van der Waals surface area contributed by atoms with Gasteiger partial charge in [0.25, 0.3) is 0 Å². The average Bonchev–Trinajstić information content (AvgIpc) is 3.21. The molecule has 0 spiro atoms. The fourth-order valence-corrected chi connectivity index (χ4v) is 3.73. The maximum atomic E-state index is 6.16. The van der Waals surface area contributed by atoms with E-state index < -0.39 is 0 Å². The predicted molar refractivity (Wildman–Crippen MR) is 98.4 cm³/mol. The lowest BCUT2D eigenvalue weighted by atomic mass is 10.0. The van der Waals surface area contributed by atoms with Crippen molar-refractivity contribution in [3.05, 3.63) is 65.9 Å². The summed E-state index contributed by atoms with van der Waals surface area (Å²) in [7, 11) is 2.24. The molecule has 1 saturated heterocycles. The number of nitrogens with one attached hydrogen (secondary N) is 1. The van der Waals surface area contributed by atoms with E-state index in [1.165, 1.54) is 35.9 Å². The molecule has 1 aliphatic rings. The number of aromatic nitrogens is 1. The Morgan fingerprint density at radius 2 is 2.00 bits per heavy atom. The van der Waals surface area contributed by atoms with Gasteiger partial charge in [-0.25, -0.2) is 0 Å². The highest BCUT2D eigenvalue weighted by molar-refractivity contribution is 5.89. The van der Waals surface area contributed by atoms with Gasteiger partial charge in [0.1, 0.15) is 12.4 Å². The molecular formula is C21H24N2O. The molecular weight excluding hydrogens is 296 g/mol. The highest BCUT2D eigenvalue weighted by Gasteiger charge is 2.22. The van der Waals surface area contributed by atoms with E-state index in [-0.39, 0.29) is 0 Å². The molecule has 1 N–H and O–H groups in total. The van der Waals surface area contributed by atoms with Gasteiger partial charge in [-0.1, -0.05) is 36.4 Å². The normalized spacial score (nSPS) is 18.3. The van der Waals surface area contributed by atoms with Crippen LogP contribution >= 0.6 is 0 Å². The van der Waals surface area contributed by atoms with Gasteiger partial charge in [0.2, 0.25) is 0 Å². The van der Waals surface area contributed by atoms with Crippen LogP contribution in [0.1, 0.15) is 24.0 Å². The first-order chi connectivity index (χ1) is 11.8. The van der Waals surface area contributed by atoms with Crippen molar-refractivity contribution in [2.45, 2.75) is 31.9 Å². The van der Waals surface area contributed by atoms with E-state index in [4.69, 9.17) is 4.74 Å². The molecule has 0 saturated carbocycles. The van der Waals surface area contributed by atoms with Crippen molar-refractivity contribution in [2.75, 3.05) is 13.6 Å². The number of H-pyrrole nitrogens is 1. The number of nitrogens with zero attached hydrogens (tertiary/aromatic N) is 1. The minimum atomic E-state index is 0.605. The Morgan fingerprint density at radius 3 is 2.79 bits per heavy atom. The molecule has 124 valence electrons. The van der Waals surface area contributed by atoms with E-state index in [0.29, 0.717) is 12.6 Å². The topological polar surface area (TPSA) is 28.3 Å². The van der Waals surface area contributed by atoms with Crippen LogP contribution in [0.3, 0.4) is 0 Å². The molecule has 1 fully saturated rings. The zero-order valence-electron chi connectivity index (χ0n) is 14.2. The Bertz CT molecular complexity index is 809. The summed E-state index contributed by atoms with van der Waals surface area (Å²) in [5.74, 6) is 0.980. The van der Waals surface area contributed by atoms with Crippen molar-refractivity contribution >= 4 is 10.9 Å². The quantitative estimate of drug-likeness (QED) is 0.755. The second-order valence-corrected chi connectivity index (χ2v) is 6.75. The Morgan fingerprint density at radius 1 is 1.12 bits per heavy atom. The Kier molecular flexibility index (Phi) is 4.26. The summed E-state index contributed by atoms with van der Waals surface area (Å²) in [4.78, 5) is 5.90. The minimum absolute atomic E-state index is 0.605. The van der Waals surface area contributed by atoms with Crippen molar-refractivity contribution in [1.29, 1.82) is 0 Å². The number of hydrogen-bond acceptors (Lipinski definition) is 2. The maximum absolute atomic E-state index is 6.16. The first-order valence-corrected chi connectivity index (χ1v) is 8.77. The number of ether oxygens (including phenoxy) is 1. The van der Waals surface area contributed by atoms with Crippen LogP contribution in [0.25, 0.3) is 10.9 Å². The van der Waals surface area contributed by atoms with Gasteiger partial charge in [0.05, 0.1) is 0 Å². The van der Waals surface area contributed by atoms with Crippen LogP contribution in [-0.4, -0.2) is 29.5 Å². The molecule has 1 aliphatic heterocycles. The first-order valence-electron chi connectivity index (χ1n) is 8.77. The van der Waals surface area contributed by atoms with Crippen LogP contribution in [0.4, 0.5) is 0 Å². The van der Waals surface area contributed by atoms with Gasteiger partial charge in [-0.05, 0) is 56.1 Å². The number of rotatable bonds is 5. The van der Waals surface area contributed by atoms with E-state index in [9.17, 15) is 0 Å². The number of hydrogen-bond donors (Lipinski definition) is 1. The fourth-order valence-electron chi connectivity index (χ4n) is 3.73. The van der Waals surface area contributed by atoms with Gasteiger partial charge in [-0.3, -0.25) is 0 Å². The van der Waals surface area contributed by atoms with Crippen LogP contribution in [-0.2, 0) is 13.0 Å². The van der Waals surface area contributed by atoms with Crippen molar-refractivity contribution < 1.29 is 4.74 Å². The molecule has 0 amide bonds. The Labute approximate surface area is 143 Å². The van der Waals surface area contributed by atoms with Crippen molar-refractivity contribution in [3.8, 4) is 5.75 Å². The van der Waals surface area contributed by atoms with Crippen LogP contribution in [0.15, 0.2) is 54.7 Å². The highest BCUT2D eigenvalue weighted by atomic mass is 16.5. The third-order valence-electron chi connectivity index (χ3n) is 5.11. The van der Waals surface area contributed by atoms with Crippen molar-refractivity contribution in [2.24, 2.45) is 0 Å². The summed E-state index contributed by atoms with van der Waals surface area (Å²) in [5.41, 5.74) is 3.73. The molecule has 24 heavy (non-hydrogen) atoms. The first kappa shape index (κ1) is 15.3. The molecule has 1 atom stereocenters. The van der Waals surface area contributed by atoms with Gasteiger partial charge in [0.15, 0.2) is 0 Å². The van der Waals surface area contributed by atoms with Gasteiger partial charge >= 0.3 is 0 Å². The fraction of sp³-hybridized carbons (Fsp3) is 0.333. The van der Waals surface area contributed by atoms with Gasteiger partial charge in [0, 0.05) is 23.1 Å². The summed E-state index contributed by atoms with van der Waals surface area (Å²) in [6, 6.07) is 17.3. The summed E-state index contributed by atoms with van der Waals surface area (Å²) in [5, 5.41) is 1.24. The summed E-state index contributed by atoms with van der Waals surface area (Å²) in [6.45, 7) is 1.82. The lowest BCUT2D eigenvalue weighted by Crippen LogP contribution is -2.26. The van der Waals surface area contributed by atoms with Crippen molar-refractivity contribution in [3.63, 3.8) is 0 Å². The number of likely N-dealkylation sites (N-methyl/N-ethyl adjacent to an activating group) is 1. The molecule has 2 heterocycles. The molecule has 0 radical (unpaired) electrons. The SMILES string of the molecule is CN1CCCC1Cc1c[nH]c2cccc(OCc3ccccc3)c12. The van der Waals surface area contributed by atoms with Gasteiger partial charge in [-0.15, -0.1) is 0 Å². The molecule has 4 rings (SSSR count). The number of fused-ring (bicyclic) bond motifs is 1. The highest BCUT2D eigenvalue weighted by Crippen LogP contribution is 2.32. The van der Waals surface area contributed by atoms with E-state index in [0.717, 1.165) is 17.7 Å². The smallest absolute Gasteiger partial charge is 0.129 e. The summed E-state index contributed by atoms with van der Waals surface area (Å²) in [6.07, 6.45) is 5.84. The monoisotopic (exact) mass is 320 g/mol. The third-order valence-corrected chi connectivity index (χ3v) is 5.11. The van der Waals surface area contributed by atoms with E-state index in [1.807, 2.05) is 6.07 Å². The van der Waals surface area contributed by atoms with E-state index >= 15 is 0 Å². The Hall–Kier alpha value is -2.26. The van der Waals surface area contributed by atoms with Crippen LogP contribution in [0.5, 0.6) is 5.75 Å². The lowest BCUT2D eigenvalue weighted by molar-refractivity contribution is 0.306. The number of benzene rings is 2.